The largest absolute Gasteiger partial charge is 0.350 e. The Hall–Kier alpha value is -2.14. The Morgan fingerprint density at radius 3 is 2.55 bits per heavy atom. The molecule has 1 heterocycles. The molecular weight excluding hydrogens is 276 g/mol. The molecule has 0 unspecified atom stereocenters. The van der Waals surface area contributed by atoms with Gasteiger partial charge in [-0.3, -0.25) is 4.79 Å². The molecule has 6 heteroatoms. The first-order valence-electron chi connectivity index (χ1n) is 6.20. The highest BCUT2D eigenvalue weighted by molar-refractivity contribution is 6.30. The van der Waals surface area contributed by atoms with Gasteiger partial charge in [-0.2, -0.15) is 0 Å². The number of nitrogens with one attached hydrogen (secondary N) is 2. The third-order valence-corrected chi connectivity index (χ3v) is 2.65. The summed E-state index contributed by atoms with van der Waals surface area (Å²) >= 11 is 5.89. The van der Waals surface area contributed by atoms with Crippen molar-refractivity contribution in [3.8, 4) is 0 Å². The third-order valence-electron chi connectivity index (χ3n) is 2.41. The van der Waals surface area contributed by atoms with Gasteiger partial charge < -0.3 is 10.6 Å². The van der Waals surface area contributed by atoms with Crippen LogP contribution in [0.15, 0.2) is 36.7 Å². The number of halogens is 1. The lowest BCUT2D eigenvalue weighted by atomic mass is 10.3. The molecule has 20 heavy (non-hydrogen) atoms. The van der Waals surface area contributed by atoms with Crippen molar-refractivity contribution in [1.82, 2.24) is 15.3 Å². The van der Waals surface area contributed by atoms with Gasteiger partial charge in [-0.15, -0.1) is 0 Å². The highest BCUT2D eigenvalue weighted by Crippen LogP contribution is 2.17. The average molecular weight is 291 g/mol. The van der Waals surface area contributed by atoms with Crippen LogP contribution < -0.4 is 10.6 Å². The van der Waals surface area contributed by atoms with E-state index < -0.39 is 0 Å². The van der Waals surface area contributed by atoms with Gasteiger partial charge in [0.1, 0.15) is 0 Å². The number of carbonyl (C=O) groups is 1. The summed E-state index contributed by atoms with van der Waals surface area (Å²) in [4.78, 5) is 20.0. The first kappa shape index (κ1) is 14.3. The molecule has 0 spiro atoms. The number of hydrogen-bond donors (Lipinski definition) is 2. The SMILES string of the molecule is CC(C)NC(=O)c1cnc(Nc2cccc(Cl)c2)nc1. The summed E-state index contributed by atoms with van der Waals surface area (Å²) in [5.74, 6) is 0.225. The summed E-state index contributed by atoms with van der Waals surface area (Å²) in [7, 11) is 0. The summed E-state index contributed by atoms with van der Waals surface area (Å²) in [5, 5.41) is 6.42. The van der Waals surface area contributed by atoms with Crippen molar-refractivity contribution in [2.75, 3.05) is 5.32 Å². The molecule has 2 rings (SSSR count). The molecule has 104 valence electrons. The van der Waals surface area contributed by atoms with Gasteiger partial charge in [0.05, 0.1) is 5.56 Å². The van der Waals surface area contributed by atoms with Crippen molar-refractivity contribution in [2.45, 2.75) is 19.9 Å². The third kappa shape index (κ3) is 3.93. The van der Waals surface area contributed by atoms with E-state index in [1.807, 2.05) is 26.0 Å². The standard InChI is InChI=1S/C14H15ClN4O/c1-9(2)18-13(20)10-7-16-14(17-8-10)19-12-5-3-4-11(15)6-12/h3-9H,1-2H3,(H,18,20)(H,16,17,19). The van der Waals surface area contributed by atoms with Crippen LogP contribution in [0.4, 0.5) is 11.6 Å². The average Bonchev–Trinajstić information content (AvgIpc) is 2.38. The van der Waals surface area contributed by atoms with Gasteiger partial charge in [0, 0.05) is 29.1 Å². The van der Waals surface area contributed by atoms with Crippen LogP contribution in [-0.4, -0.2) is 21.9 Å². The summed E-state index contributed by atoms with van der Waals surface area (Å²) < 4.78 is 0. The van der Waals surface area contributed by atoms with Crippen molar-refractivity contribution in [1.29, 1.82) is 0 Å². The molecular formula is C14H15ClN4O. The minimum atomic E-state index is -0.186. The monoisotopic (exact) mass is 290 g/mol. The second-order valence-electron chi connectivity index (χ2n) is 4.56. The first-order chi connectivity index (χ1) is 9.54. The van der Waals surface area contributed by atoms with Crippen LogP contribution in [0.25, 0.3) is 0 Å². The van der Waals surface area contributed by atoms with Gasteiger partial charge in [-0.1, -0.05) is 17.7 Å². The lowest BCUT2D eigenvalue weighted by Gasteiger charge is -2.08. The lowest BCUT2D eigenvalue weighted by molar-refractivity contribution is 0.0942. The topological polar surface area (TPSA) is 66.9 Å². The Bertz CT molecular complexity index is 598. The van der Waals surface area contributed by atoms with E-state index in [-0.39, 0.29) is 11.9 Å². The van der Waals surface area contributed by atoms with Crippen LogP contribution in [0, 0.1) is 0 Å². The number of nitrogens with zero attached hydrogens (tertiary/aromatic N) is 2. The number of anilines is 2. The highest BCUT2D eigenvalue weighted by Gasteiger charge is 2.08. The van der Waals surface area contributed by atoms with Crippen LogP contribution in [0.2, 0.25) is 5.02 Å². The van der Waals surface area contributed by atoms with Crippen LogP contribution in [0.3, 0.4) is 0 Å². The van der Waals surface area contributed by atoms with Crippen molar-refractivity contribution in [2.24, 2.45) is 0 Å². The Balaban J connectivity index is 2.07. The smallest absolute Gasteiger partial charge is 0.254 e. The van der Waals surface area contributed by atoms with Crippen LogP contribution in [-0.2, 0) is 0 Å². The van der Waals surface area contributed by atoms with Gasteiger partial charge >= 0.3 is 0 Å². The predicted octanol–water partition coefficient (Wildman–Crippen LogP) is 3.01. The summed E-state index contributed by atoms with van der Waals surface area (Å²) in [6.07, 6.45) is 2.97. The molecule has 1 aromatic heterocycles. The maximum absolute atomic E-state index is 11.7. The van der Waals surface area contributed by atoms with Crippen LogP contribution in [0.1, 0.15) is 24.2 Å². The van der Waals surface area contributed by atoms with Gasteiger partial charge in [-0.05, 0) is 32.0 Å². The molecule has 0 aliphatic heterocycles. The zero-order valence-electron chi connectivity index (χ0n) is 11.2. The van der Waals surface area contributed by atoms with E-state index in [0.29, 0.717) is 16.5 Å². The van der Waals surface area contributed by atoms with Crippen molar-refractivity contribution in [3.63, 3.8) is 0 Å². The van der Waals surface area contributed by atoms with Gasteiger partial charge in [0.2, 0.25) is 5.95 Å². The molecule has 2 aromatic rings. The number of amides is 1. The molecule has 0 bridgehead atoms. The van der Waals surface area contributed by atoms with Crippen molar-refractivity contribution >= 4 is 29.1 Å². The zero-order valence-corrected chi connectivity index (χ0v) is 12.0. The molecule has 0 saturated carbocycles. The molecule has 1 aromatic carbocycles. The van der Waals surface area contributed by atoms with Gasteiger partial charge in [0.15, 0.2) is 0 Å². The van der Waals surface area contributed by atoms with Crippen molar-refractivity contribution in [3.05, 3.63) is 47.2 Å². The Labute approximate surface area is 122 Å². The fourth-order valence-electron chi connectivity index (χ4n) is 1.55. The maximum Gasteiger partial charge on any atom is 0.254 e. The van der Waals surface area contributed by atoms with Gasteiger partial charge in [0.25, 0.3) is 5.91 Å². The second kappa shape index (κ2) is 6.34. The minimum Gasteiger partial charge on any atom is -0.350 e. The van der Waals surface area contributed by atoms with E-state index >= 15 is 0 Å². The number of aromatic nitrogens is 2. The molecule has 2 N–H and O–H groups in total. The second-order valence-corrected chi connectivity index (χ2v) is 5.00. The molecule has 0 fully saturated rings. The van der Waals surface area contributed by atoms with E-state index in [9.17, 15) is 4.79 Å². The van der Waals surface area contributed by atoms with Gasteiger partial charge in [-0.25, -0.2) is 9.97 Å². The van der Waals surface area contributed by atoms with E-state index in [1.165, 1.54) is 12.4 Å². The Kier molecular flexibility index (Phi) is 4.53. The van der Waals surface area contributed by atoms with Crippen LogP contribution >= 0.6 is 11.6 Å². The summed E-state index contributed by atoms with van der Waals surface area (Å²) in [6, 6.07) is 7.31. The molecule has 5 nitrogen and oxygen atoms in total. The quantitative estimate of drug-likeness (QED) is 0.908. The minimum absolute atomic E-state index is 0.0757. The molecule has 0 aliphatic carbocycles. The molecule has 0 aliphatic rings. The number of hydrogen-bond acceptors (Lipinski definition) is 4. The van der Waals surface area contributed by atoms with E-state index in [2.05, 4.69) is 20.6 Å². The summed E-state index contributed by atoms with van der Waals surface area (Å²) in [5.41, 5.74) is 1.22. The fraction of sp³-hybridized carbons (Fsp3) is 0.214. The Morgan fingerprint density at radius 1 is 1.25 bits per heavy atom. The normalized spacial score (nSPS) is 10.4. The van der Waals surface area contributed by atoms with Crippen LogP contribution in [0.5, 0.6) is 0 Å². The highest BCUT2D eigenvalue weighted by atomic mass is 35.5. The molecule has 0 radical (unpaired) electrons. The van der Waals surface area contributed by atoms with Crippen molar-refractivity contribution < 1.29 is 4.79 Å². The number of carbonyl (C=O) groups excluding carboxylic acids is 1. The maximum atomic E-state index is 11.7. The van der Waals surface area contributed by atoms with E-state index in [0.717, 1.165) is 5.69 Å². The van der Waals surface area contributed by atoms with E-state index in [4.69, 9.17) is 11.6 Å². The Morgan fingerprint density at radius 2 is 1.95 bits per heavy atom. The van der Waals surface area contributed by atoms with E-state index in [1.54, 1.807) is 12.1 Å². The first-order valence-corrected chi connectivity index (χ1v) is 6.58. The number of benzene rings is 1. The molecule has 0 saturated heterocycles. The summed E-state index contributed by atoms with van der Waals surface area (Å²) in [6.45, 7) is 3.79. The molecule has 1 amide bonds. The lowest BCUT2D eigenvalue weighted by Crippen LogP contribution is -2.30. The number of rotatable bonds is 4. The fourth-order valence-corrected chi connectivity index (χ4v) is 1.74. The molecule has 0 atom stereocenters. The predicted molar refractivity (Wildman–Crippen MR) is 79.4 cm³/mol. The zero-order chi connectivity index (χ0) is 14.5.